The van der Waals surface area contributed by atoms with E-state index in [2.05, 4.69) is 33.6 Å². The number of carbonyl (C=O) groups excluding carboxylic acids is 2. The first-order valence-corrected chi connectivity index (χ1v) is 13.8. The van der Waals surface area contributed by atoms with Crippen molar-refractivity contribution in [2.24, 2.45) is 0 Å². The molecule has 2 heterocycles. The standard InChI is InChI=1S/C32H36N4O4/c1-3-23-20-36-13-12-30(38)34-28-17-24(16-26(23)31(28)36)32(39)35-27(15-21-8-5-4-6-9-21)29(37)19-33-18-22-10-7-11-25(14-22)40-2/h4-11,14,16-17,20,27,29,33,37H,3,12-13,15,18-19H2,1-2H3,(H,34,38)(H,35,39)/t27-,29+/m0/s1. The van der Waals surface area contributed by atoms with E-state index in [0.717, 1.165) is 39.8 Å². The Bertz CT molecular complexity index is 1500. The second kappa shape index (κ2) is 12.4. The SMILES string of the molecule is CCc1cn2c3c(cc(C(=O)N[C@@H](Cc4ccccc4)[C@H](O)CNCc4cccc(OC)c4)cc13)NC(=O)CC2. The Morgan fingerprint density at radius 3 is 2.67 bits per heavy atom. The van der Waals surface area contributed by atoms with Crippen molar-refractivity contribution in [3.63, 3.8) is 0 Å². The van der Waals surface area contributed by atoms with Crippen molar-refractivity contribution < 1.29 is 19.4 Å². The summed E-state index contributed by atoms with van der Waals surface area (Å²) in [4.78, 5) is 26.0. The highest BCUT2D eigenvalue weighted by Gasteiger charge is 2.25. The second-order valence-electron chi connectivity index (χ2n) is 10.2. The lowest BCUT2D eigenvalue weighted by atomic mass is 9.99. The molecule has 0 unspecified atom stereocenters. The summed E-state index contributed by atoms with van der Waals surface area (Å²) in [6.45, 7) is 3.53. The van der Waals surface area contributed by atoms with Gasteiger partial charge in [0.15, 0.2) is 0 Å². The summed E-state index contributed by atoms with van der Waals surface area (Å²) in [7, 11) is 1.63. The number of ether oxygens (including phenoxy) is 1. The van der Waals surface area contributed by atoms with Crippen LogP contribution in [0.2, 0.25) is 0 Å². The van der Waals surface area contributed by atoms with Gasteiger partial charge in [-0.1, -0.05) is 49.4 Å². The van der Waals surface area contributed by atoms with Gasteiger partial charge >= 0.3 is 0 Å². The molecule has 8 heteroatoms. The van der Waals surface area contributed by atoms with Gasteiger partial charge in [0, 0.05) is 43.2 Å². The molecule has 0 bridgehead atoms. The lowest BCUT2D eigenvalue weighted by Crippen LogP contribution is -2.48. The maximum absolute atomic E-state index is 13.6. The van der Waals surface area contributed by atoms with Gasteiger partial charge in [0.25, 0.3) is 5.91 Å². The summed E-state index contributed by atoms with van der Waals surface area (Å²) in [6.07, 6.45) is 2.91. The number of carbonyl (C=O) groups is 2. The molecule has 0 radical (unpaired) electrons. The van der Waals surface area contributed by atoms with Crippen LogP contribution in [0.25, 0.3) is 10.9 Å². The molecular weight excluding hydrogens is 504 g/mol. The van der Waals surface area contributed by atoms with Crippen LogP contribution in [-0.2, 0) is 30.7 Å². The van der Waals surface area contributed by atoms with Crippen molar-refractivity contribution in [1.29, 1.82) is 0 Å². The fraction of sp³-hybridized carbons (Fsp3) is 0.312. The molecule has 4 aromatic rings. The quantitative estimate of drug-likeness (QED) is 0.230. The van der Waals surface area contributed by atoms with Gasteiger partial charge in [-0.05, 0) is 53.8 Å². The number of aryl methyl sites for hydroxylation is 2. The number of benzene rings is 3. The van der Waals surface area contributed by atoms with E-state index in [0.29, 0.717) is 37.2 Å². The molecule has 0 aliphatic carbocycles. The summed E-state index contributed by atoms with van der Waals surface area (Å²) in [5.74, 6) is 0.415. The third kappa shape index (κ3) is 6.19. The van der Waals surface area contributed by atoms with Gasteiger partial charge in [-0.15, -0.1) is 0 Å². The summed E-state index contributed by atoms with van der Waals surface area (Å²) in [5, 5.41) is 21.6. The van der Waals surface area contributed by atoms with Crippen molar-refractivity contribution in [2.45, 2.75) is 51.4 Å². The Balaban J connectivity index is 1.36. The summed E-state index contributed by atoms with van der Waals surface area (Å²) in [6, 6.07) is 20.7. The summed E-state index contributed by atoms with van der Waals surface area (Å²) >= 11 is 0. The molecule has 1 aliphatic rings. The number of anilines is 1. The van der Waals surface area contributed by atoms with E-state index in [1.165, 1.54) is 0 Å². The molecule has 208 valence electrons. The minimum Gasteiger partial charge on any atom is -0.497 e. The molecule has 8 nitrogen and oxygen atoms in total. The number of aliphatic hydroxyl groups excluding tert-OH is 1. The zero-order valence-corrected chi connectivity index (χ0v) is 22.9. The largest absolute Gasteiger partial charge is 0.497 e. The van der Waals surface area contributed by atoms with E-state index >= 15 is 0 Å². The van der Waals surface area contributed by atoms with E-state index in [1.54, 1.807) is 13.2 Å². The van der Waals surface area contributed by atoms with Crippen LogP contribution in [-0.4, -0.2) is 47.3 Å². The zero-order chi connectivity index (χ0) is 28.1. The predicted molar refractivity (Wildman–Crippen MR) is 157 cm³/mol. The number of rotatable bonds is 11. The number of amides is 2. The maximum Gasteiger partial charge on any atom is 0.251 e. The van der Waals surface area contributed by atoms with Gasteiger partial charge in [0.05, 0.1) is 30.5 Å². The zero-order valence-electron chi connectivity index (χ0n) is 22.9. The van der Waals surface area contributed by atoms with Crippen LogP contribution in [0.1, 0.15) is 40.4 Å². The molecule has 0 saturated carbocycles. The average Bonchev–Trinajstić information content (AvgIpc) is 3.25. The number of nitrogens with one attached hydrogen (secondary N) is 3. The number of hydrogen-bond donors (Lipinski definition) is 4. The Morgan fingerprint density at radius 2 is 1.90 bits per heavy atom. The smallest absolute Gasteiger partial charge is 0.251 e. The van der Waals surface area contributed by atoms with E-state index in [-0.39, 0.29) is 18.4 Å². The lowest BCUT2D eigenvalue weighted by Gasteiger charge is -2.25. The topological polar surface area (TPSA) is 105 Å². The Labute approximate surface area is 234 Å². The third-order valence-corrected chi connectivity index (χ3v) is 7.45. The number of aromatic nitrogens is 1. The summed E-state index contributed by atoms with van der Waals surface area (Å²) in [5.41, 5.74) is 5.22. The van der Waals surface area contributed by atoms with Crippen LogP contribution >= 0.6 is 0 Å². The van der Waals surface area contributed by atoms with Crippen LogP contribution in [0.5, 0.6) is 5.75 Å². The molecule has 2 atom stereocenters. The monoisotopic (exact) mass is 540 g/mol. The third-order valence-electron chi connectivity index (χ3n) is 7.45. The molecule has 4 N–H and O–H groups in total. The molecular formula is C32H36N4O4. The predicted octanol–water partition coefficient (Wildman–Crippen LogP) is 4.05. The normalized spacial score (nSPS) is 14.3. The first-order chi connectivity index (χ1) is 19.4. The highest BCUT2D eigenvalue weighted by atomic mass is 16.5. The molecule has 3 aromatic carbocycles. The van der Waals surface area contributed by atoms with E-state index < -0.39 is 12.1 Å². The number of aliphatic hydroxyl groups is 1. The van der Waals surface area contributed by atoms with Gasteiger partial charge in [-0.2, -0.15) is 0 Å². The van der Waals surface area contributed by atoms with Gasteiger partial charge in [-0.25, -0.2) is 0 Å². The molecule has 1 aliphatic heterocycles. The van der Waals surface area contributed by atoms with E-state index in [4.69, 9.17) is 4.74 Å². The average molecular weight is 541 g/mol. The van der Waals surface area contributed by atoms with Crippen molar-refractivity contribution in [2.75, 3.05) is 19.0 Å². The highest BCUT2D eigenvalue weighted by Crippen LogP contribution is 2.32. The fourth-order valence-corrected chi connectivity index (χ4v) is 5.32. The summed E-state index contributed by atoms with van der Waals surface area (Å²) < 4.78 is 7.40. The van der Waals surface area contributed by atoms with Crippen molar-refractivity contribution >= 4 is 28.4 Å². The molecule has 5 rings (SSSR count). The molecule has 40 heavy (non-hydrogen) atoms. The Hall–Kier alpha value is -4.14. The Kier molecular flexibility index (Phi) is 8.48. The number of methoxy groups -OCH3 is 1. The fourth-order valence-electron chi connectivity index (χ4n) is 5.32. The Morgan fingerprint density at radius 1 is 1.10 bits per heavy atom. The number of nitrogens with zero attached hydrogens (tertiary/aromatic N) is 1. The minimum absolute atomic E-state index is 0.0694. The van der Waals surface area contributed by atoms with Crippen molar-refractivity contribution in [3.8, 4) is 5.75 Å². The van der Waals surface area contributed by atoms with Gasteiger partial charge < -0.3 is 30.4 Å². The van der Waals surface area contributed by atoms with Gasteiger partial charge in [0.2, 0.25) is 5.91 Å². The molecule has 2 amide bonds. The van der Waals surface area contributed by atoms with Crippen LogP contribution < -0.4 is 20.7 Å². The van der Waals surface area contributed by atoms with Crippen molar-refractivity contribution in [1.82, 2.24) is 15.2 Å². The van der Waals surface area contributed by atoms with Crippen LogP contribution in [0.4, 0.5) is 5.69 Å². The molecule has 0 saturated heterocycles. The second-order valence-corrected chi connectivity index (χ2v) is 10.2. The number of hydrogen-bond acceptors (Lipinski definition) is 5. The minimum atomic E-state index is -0.841. The van der Waals surface area contributed by atoms with Crippen LogP contribution in [0.3, 0.4) is 0 Å². The van der Waals surface area contributed by atoms with Crippen LogP contribution in [0.15, 0.2) is 72.9 Å². The van der Waals surface area contributed by atoms with E-state index in [9.17, 15) is 14.7 Å². The molecule has 1 aromatic heterocycles. The first-order valence-electron chi connectivity index (χ1n) is 13.8. The van der Waals surface area contributed by atoms with Crippen LogP contribution in [0, 0.1) is 0 Å². The molecule has 0 spiro atoms. The lowest BCUT2D eigenvalue weighted by molar-refractivity contribution is -0.116. The first kappa shape index (κ1) is 27.4. The van der Waals surface area contributed by atoms with Gasteiger partial charge in [-0.3, -0.25) is 9.59 Å². The van der Waals surface area contributed by atoms with Gasteiger partial charge in [0.1, 0.15) is 5.75 Å². The van der Waals surface area contributed by atoms with Crippen molar-refractivity contribution in [3.05, 3.63) is 95.2 Å². The maximum atomic E-state index is 13.6. The molecule has 0 fully saturated rings. The highest BCUT2D eigenvalue weighted by molar-refractivity contribution is 6.08. The van der Waals surface area contributed by atoms with E-state index in [1.807, 2.05) is 60.7 Å².